The molecular formula is C33H34N4O5S. The molecule has 0 saturated carbocycles. The second kappa shape index (κ2) is 14.3. The zero-order valence-electron chi connectivity index (χ0n) is 24.3. The molecule has 4 aromatic rings. The Kier molecular flexibility index (Phi) is 10.3. The first-order valence-electron chi connectivity index (χ1n) is 13.6. The zero-order valence-corrected chi connectivity index (χ0v) is 25.1. The van der Waals surface area contributed by atoms with E-state index >= 15 is 0 Å². The Morgan fingerprint density at radius 2 is 1.56 bits per heavy atom. The molecule has 2 amide bonds. The van der Waals surface area contributed by atoms with E-state index in [0.717, 1.165) is 27.8 Å². The predicted molar refractivity (Wildman–Crippen MR) is 169 cm³/mol. The van der Waals surface area contributed by atoms with Gasteiger partial charge in [0.05, 0.1) is 24.7 Å². The van der Waals surface area contributed by atoms with E-state index in [0.29, 0.717) is 23.5 Å². The van der Waals surface area contributed by atoms with Crippen molar-refractivity contribution in [3.63, 3.8) is 0 Å². The molecule has 0 bridgehead atoms. The molecule has 2 N–H and O–H groups in total. The quantitative estimate of drug-likeness (QED) is 0.181. The number of carbonyl (C=O) groups is 2. The monoisotopic (exact) mass is 598 g/mol. The van der Waals surface area contributed by atoms with Crippen LogP contribution < -0.4 is 19.8 Å². The number of hydrogen-bond donors (Lipinski definition) is 2. The number of nitrogens with zero attached hydrogens (tertiary/aromatic N) is 2. The van der Waals surface area contributed by atoms with Crippen LogP contribution in [0.4, 0.5) is 5.69 Å². The summed E-state index contributed by atoms with van der Waals surface area (Å²) >= 11 is 0. The van der Waals surface area contributed by atoms with Crippen LogP contribution >= 0.6 is 0 Å². The second-order valence-electron chi connectivity index (χ2n) is 10.1. The van der Waals surface area contributed by atoms with Gasteiger partial charge in [-0.1, -0.05) is 48.5 Å². The van der Waals surface area contributed by atoms with E-state index < -0.39 is 15.9 Å². The lowest BCUT2D eigenvalue weighted by molar-refractivity contribution is -0.123. The van der Waals surface area contributed by atoms with E-state index in [1.54, 1.807) is 54.6 Å². The Hall–Kier alpha value is -4.96. The minimum Gasteiger partial charge on any atom is -0.484 e. The lowest BCUT2D eigenvalue weighted by Gasteiger charge is -2.23. The molecule has 0 unspecified atom stereocenters. The number of hydrazone groups is 1. The van der Waals surface area contributed by atoms with Gasteiger partial charge in [0.15, 0.2) is 6.61 Å². The number of aryl methyl sites for hydroxylation is 2. The average Bonchev–Trinajstić information content (AvgIpc) is 3.00. The Morgan fingerprint density at radius 3 is 2.21 bits per heavy atom. The molecule has 4 aromatic carbocycles. The Bertz CT molecular complexity index is 1690. The summed E-state index contributed by atoms with van der Waals surface area (Å²) in [6.45, 7) is 4.38. The van der Waals surface area contributed by atoms with Crippen LogP contribution in [0.15, 0.2) is 102 Å². The topological polar surface area (TPSA) is 117 Å². The molecule has 0 atom stereocenters. The number of rotatable bonds is 12. The molecule has 10 heteroatoms. The third-order valence-corrected chi connectivity index (χ3v) is 7.82. The maximum absolute atomic E-state index is 12.6. The summed E-state index contributed by atoms with van der Waals surface area (Å²) in [5.74, 6) is -0.0965. The molecule has 0 aliphatic heterocycles. The highest BCUT2D eigenvalue weighted by Gasteiger charge is 2.18. The molecule has 0 aliphatic carbocycles. The molecule has 43 heavy (non-hydrogen) atoms. The van der Waals surface area contributed by atoms with E-state index in [4.69, 9.17) is 4.74 Å². The van der Waals surface area contributed by atoms with Crippen molar-refractivity contribution in [2.45, 2.75) is 26.9 Å². The van der Waals surface area contributed by atoms with Crippen LogP contribution in [-0.2, 0) is 27.9 Å². The number of benzene rings is 4. The SMILES string of the molecule is Cc1ccc(N(Cc2ccc(C(=O)N/N=C\c3ccc(OCC(=O)NCc4ccccc4)cc3)cc2)S(C)(=O)=O)cc1C. The average molecular weight is 599 g/mol. The maximum atomic E-state index is 12.6. The van der Waals surface area contributed by atoms with Crippen molar-refractivity contribution in [3.8, 4) is 5.75 Å². The van der Waals surface area contributed by atoms with E-state index in [2.05, 4.69) is 15.8 Å². The van der Waals surface area contributed by atoms with Crippen LogP contribution in [0.1, 0.15) is 38.2 Å². The molecule has 0 radical (unpaired) electrons. The Morgan fingerprint density at radius 1 is 0.860 bits per heavy atom. The van der Waals surface area contributed by atoms with Gasteiger partial charge < -0.3 is 10.1 Å². The lowest BCUT2D eigenvalue weighted by Crippen LogP contribution is -2.29. The fourth-order valence-electron chi connectivity index (χ4n) is 4.08. The fourth-order valence-corrected chi connectivity index (χ4v) is 4.96. The highest BCUT2D eigenvalue weighted by atomic mass is 32.2. The van der Waals surface area contributed by atoms with Crippen molar-refractivity contribution in [1.29, 1.82) is 0 Å². The van der Waals surface area contributed by atoms with Gasteiger partial charge >= 0.3 is 0 Å². The molecule has 0 aliphatic rings. The lowest BCUT2D eigenvalue weighted by atomic mass is 10.1. The Balaban J connectivity index is 1.26. The van der Waals surface area contributed by atoms with Crippen molar-refractivity contribution in [3.05, 3.63) is 130 Å². The summed E-state index contributed by atoms with van der Waals surface area (Å²) < 4.78 is 31.9. The molecule has 0 spiro atoms. The van der Waals surface area contributed by atoms with Crippen molar-refractivity contribution in [2.75, 3.05) is 17.2 Å². The number of carbonyl (C=O) groups excluding carboxylic acids is 2. The van der Waals surface area contributed by atoms with E-state index in [9.17, 15) is 18.0 Å². The minimum atomic E-state index is -3.52. The Labute approximate surface area is 252 Å². The minimum absolute atomic E-state index is 0.104. The van der Waals surface area contributed by atoms with Crippen LogP contribution in [0.25, 0.3) is 0 Å². The van der Waals surface area contributed by atoms with Gasteiger partial charge in [-0.25, -0.2) is 13.8 Å². The van der Waals surface area contributed by atoms with Crippen LogP contribution in [0.2, 0.25) is 0 Å². The number of nitrogens with one attached hydrogen (secondary N) is 2. The van der Waals surface area contributed by atoms with E-state index in [-0.39, 0.29) is 19.1 Å². The van der Waals surface area contributed by atoms with Gasteiger partial charge in [0.2, 0.25) is 10.0 Å². The fraction of sp³-hybridized carbons (Fsp3) is 0.182. The molecule has 4 rings (SSSR count). The highest BCUT2D eigenvalue weighted by Crippen LogP contribution is 2.23. The third-order valence-electron chi connectivity index (χ3n) is 6.68. The molecule has 0 aromatic heterocycles. The normalized spacial score (nSPS) is 11.2. The van der Waals surface area contributed by atoms with E-state index in [1.165, 1.54) is 16.8 Å². The molecule has 222 valence electrons. The van der Waals surface area contributed by atoms with E-state index in [1.807, 2.05) is 56.3 Å². The van der Waals surface area contributed by atoms with Crippen LogP contribution in [0.5, 0.6) is 5.75 Å². The molecule has 0 saturated heterocycles. The summed E-state index contributed by atoms with van der Waals surface area (Å²) in [7, 11) is -3.52. The first-order valence-corrected chi connectivity index (χ1v) is 15.4. The van der Waals surface area contributed by atoms with Crippen molar-refractivity contribution in [2.24, 2.45) is 5.10 Å². The largest absolute Gasteiger partial charge is 0.484 e. The number of sulfonamides is 1. The van der Waals surface area contributed by atoms with Gasteiger partial charge in [-0.05, 0) is 90.2 Å². The molecular weight excluding hydrogens is 564 g/mol. The molecule has 9 nitrogen and oxygen atoms in total. The third kappa shape index (κ3) is 9.27. The van der Waals surface area contributed by atoms with Gasteiger partial charge in [0, 0.05) is 12.1 Å². The number of hydrogen-bond acceptors (Lipinski definition) is 6. The summed E-state index contributed by atoms with van der Waals surface area (Å²) in [5.41, 5.74) is 8.01. The number of amides is 2. The summed E-state index contributed by atoms with van der Waals surface area (Å²) in [4.78, 5) is 24.6. The van der Waals surface area contributed by atoms with Crippen LogP contribution in [0.3, 0.4) is 0 Å². The first kappa shape index (κ1) is 31.0. The first-order chi connectivity index (χ1) is 20.6. The summed E-state index contributed by atoms with van der Waals surface area (Å²) in [6.07, 6.45) is 2.67. The van der Waals surface area contributed by atoms with Gasteiger partial charge in [0.1, 0.15) is 5.75 Å². The van der Waals surface area contributed by atoms with Crippen molar-refractivity contribution >= 4 is 33.7 Å². The molecule has 0 fully saturated rings. The van der Waals surface area contributed by atoms with Crippen LogP contribution in [-0.4, -0.2) is 39.3 Å². The second-order valence-corrected chi connectivity index (χ2v) is 12.0. The molecule has 0 heterocycles. The van der Waals surface area contributed by atoms with Crippen molar-refractivity contribution in [1.82, 2.24) is 10.7 Å². The van der Waals surface area contributed by atoms with Gasteiger partial charge in [-0.2, -0.15) is 5.10 Å². The summed E-state index contributed by atoms with van der Waals surface area (Å²) in [6, 6.07) is 28.8. The van der Waals surface area contributed by atoms with Crippen molar-refractivity contribution < 1.29 is 22.7 Å². The smallest absolute Gasteiger partial charge is 0.271 e. The number of ether oxygens (including phenoxy) is 1. The zero-order chi connectivity index (χ0) is 30.8. The van der Waals surface area contributed by atoms with Gasteiger partial charge in [0.25, 0.3) is 11.8 Å². The highest BCUT2D eigenvalue weighted by molar-refractivity contribution is 7.92. The number of anilines is 1. The van der Waals surface area contributed by atoms with Gasteiger partial charge in [-0.15, -0.1) is 0 Å². The van der Waals surface area contributed by atoms with Gasteiger partial charge in [-0.3, -0.25) is 13.9 Å². The predicted octanol–water partition coefficient (Wildman–Crippen LogP) is 4.73. The summed E-state index contributed by atoms with van der Waals surface area (Å²) in [5, 5.41) is 6.82. The standard InChI is InChI=1S/C33H34N4O5S/c1-24-9-16-30(19-25(24)2)37(43(3,40)41)22-28-10-14-29(15-11-28)33(39)36-35-21-27-12-17-31(18-13-27)42-23-32(38)34-20-26-7-5-4-6-8-26/h4-19,21H,20,22-23H2,1-3H3,(H,34,38)(H,36,39)/b35-21-. The van der Waals surface area contributed by atoms with Crippen LogP contribution in [0, 0.1) is 13.8 Å². The maximum Gasteiger partial charge on any atom is 0.271 e.